The van der Waals surface area contributed by atoms with Crippen LogP contribution in [0.2, 0.25) is 6.55 Å². The molecule has 0 radical (unpaired) electrons. The molecule has 0 aliphatic carbocycles. The molecule has 2 aromatic carbocycles. The average Bonchev–Trinajstić information content (AvgIpc) is 2.47. The third kappa shape index (κ3) is 4.14. The van der Waals surface area contributed by atoms with Gasteiger partial charge in [-0.25, -0.2) is 0 Å². The molecule has 0 aliphatic rings. The van der Waals surface area contributed by atoms with Gasteiger partial charge in [0.25, 0.3) is 0 Å². The second-order valence-corrected chi connectivity index (χ2v) is 7.58. The van der Waals surface area contributed by atoms with Crippen LogP contribution in [0.15, 0.2) is 48.5 Å². The molecule has 0 spiro atoms. The summed E-state index contributed by atoms with van der Waals surface area (Å²) in [7, 11) is 0.0911. The zero-order valence-electron chi connectivity index (χ0n) is 12.4. The number of hydrogen-bond donors (Lipinski definition) is 0. The first-order valence-corrected chi connectivity index (χ1v) is 8.49. The number of ether oxygens (including phenoxy) is 2. The van der Waals surface area contributed by atoms with Crippen molar-refractivity contribution in [2.24, 2.45) is 0 Å². The Kier molecular flexibility index (Phi) is 8.35. The third-order valence-electron chi connectivity index (χ3n) is 3.24. The van der Waals surface area contributed by atoms with Crippen LogP contribution in [0.5, 0.6) is 11.5 Å². The molecule has 0 amide bonds. The fourth-order valence-corrected chi connectivity index (χ4v) is 4.65. The molecule has 3 nitrogen and oxygen atoms in total. The molecule has 0 saturated heterocycles. The Hall–Kier alpha value is -0.727. The van der Waals surface area contributed by atoms with E-state index >= 15 is 0 Å². The van der Waals surface area contributed by atoms with Crippen LogP contribution >= 0.6 is 0 Å². The summed E-state index contributed by atoms with van der Waals surface area (Å²) < 4.78 is 10.6. The largest absolute Gasteiger partial charge is 2.00 e. The Bertz CT molecular complexity index is 529. The van der Waals surface area contributed by atoms with E-state index in [4.69, 9.17) is 9.47 Å². The summed E-state index contributed by atoms with van der Waals surface area (Å²) in [5, 5.41) is 1.48. The number of halogens is 1. The predicted molar refractivity (Wildman–Crippen MR) is 82.6 cm³/mol. The van der Waals surface area contributed by atoms with Crippen LogP contribution < -0.4 is 37.0 Å². The van der Waals surface area contributed by atoms with Crippen LogP contribution in [0.3, 0.4) is 0 Å². The fraction of sp³-hybridized carbons (Fsp3) is 0.200. The van der Waals surface area contributed by atoms with Crippen molar-refractivity contribution >= 4 is 41.7 Å². The monoisotopic (exact) mass is 332 g/mol. The van der Waals surface area contributed by atoms with E-state index in [1.54, 1.807) is 20.8 Å². The van der Waals surface area contributed by atoms with Gasteiger partial charge < -0.3 is 26.7 Å². The molecule has 0 N–H and O–H groups in total. The van der Waals surface area contributed by atoms with E-state index < -0.39 is 8.32 Å². The summed E-state index contributed by atoms with van der Waals surface area (Å²) in [6.07, 6.45) is 0. The van der Waals surface area contributed by atoms with Crippen molar-refractivity contribution in [3.63, 3.8) is 0 Å². The van der Waals surface area contributed by atoms with Crippen molar-refractivity contribution in [3.05, 3.63) is 48.5 Å². The minimum Gasteiger partial charge on any atom is -1.00 e. The van der Waals surface area contributed by atoms with Gasteiger partial charge in [-0.2, -0.15) is 0 Å². The Morgan fingerprint density at radius 3 is 1.48 bits per heavy atom. The summed E-state index contributed by atoms with van der Waals surface area (Å²) in [6.45, 7) is 1.77. The van der Waals surface area contributed by atoms with E-state index in [0.29, 0.717) is 11.5 Å². The molecule has 0 fully saturated rings. The van der Waals surface area contributed by atoms with Crippen molar-refractivity contribution in [3.8, 4) is 11.5 Å². The quantitative estimate of drug-likeness (QED) is 0.576. The molecule has 0 bridgehead atoms. The number of methoxy groups -OCH3 is 2. The van der Waals surface area contributed by atoms with Gasteiger partial charge in [0.15, 0.2) is 0 Å². The molecule has 0 aliphatic heterocycles. The number of benzene rings is 2. The topological polar surface area (TPSA) is 41.5 Å². The van der Waals surface area contributed by atoms with E-state index in [9.17, 15) is 4.80 Å². The summed E-state index contributed by atoms with van der Waals surface area (Å²) in [5.41, 5.74) is 0. The number of hydrogen-bond acceptors (Lipinski definition) is 3. The fourth-order valence-electron chi connectivity index (χ4n) is 2.22. The van der Waals surface area contributed by atoms with Gasteiger partial charge in [0, 0.05) is 8.32 Å². The summed E-state index contributed by atoms with van der Waals surface area (Å²) in [6, 6.07) is 14.8. The standard InChI is InChI=1S/C15H17O3Si.ClH.Mg/c1-17-12-8-4-6-10-14(12)19(3,16)15-11-7-5-9-13(15)18-2;;/h4-11H,1-3H3;1H;/q-1;;+2/p-1. The molecule has 108 valence electrons. The van der Waals surface area contributed by atoms with E-state index in [1.807, 2.05) is 48.5 Å². The maximum absolute atomic E-state index is 13.2. The molecule has 0 heterocycles. The van der Waals surface area contributed by atoms with Gasteiger partial charge in [0.1, 0.15) is 11.5 Å². The maximum atomic E-state index is 13.2. The van der Waals surface area contributed by atoms with Crippen molar-refractivity contribution in [1.82, 2.24) is 0 Å². The van der Waals surface area contributed by atoms with Gasteiger partial charge in [-0.3, -0.25) is 0 Å². The van der Waals surface area contributed by atoms with E-state index in [1.165, 1.54) is 0 Å². The SMILES string of the molecule is COc1ccccc1[Si](C)([O-])c1ccccc1OC.[Cl-].[Mg+2]. The number of para-hydroxylation sites is 2. The van der Waals surface area contributed by atoms with Crippen molar-refractivity contribution in [2.75, 3.05) is 14.2 Å². The van der Waals surface area contributed by atoms with Gasteiger partial charge in [0.05, 0.1) is 14.2 Å². The zero-order chi connectivity index (χ0) is 13.9. The predicted octanol–water partition coefficient (Wildman–Crippen LogP) is -2.62. The molecule has 2 rings (SSSR count). The molecular weight excluding hydrogens is 316 g/mol. The molecular formula is C15H17ClMgO3Si. The molecule has 0 aromatic heterocycles. The van der Waals surface area contributed by atoms with Crippen molar-refractivity contribution in [2.45, 2.75) is 6.55 Å². The average molecular weight is 333 g/mol. The summed E-state index contributed by atoms with van der Waals surface area (Å²) in [4.78, 5) is 13.2. The van der Waals surface area contributed by atoms with E-state index in [0.717, 1.165) is 10.4 Å². The molecule has 2 aromatic rings. The first kappa shape index (κ1) is 20.3. The van der Waals surface area contributed by atoms with Crippen molar-refractivity contribution in [1.29, 1.82) is 0 Å². The second-order valence-electron chi connectivity index (χ2n) is 4.43. The van der Waals surface area contributed by atoms with Crippen LogP contribution in [-0.4, -0.2) is 45.6 Å². The Morgan fingerprint density at radius 2 is 1.14 bits per heavy atom. The van der Waals surface area contributed by atoms with Crippen LogP contribution in [0.4, 0.5) is 0 Å². The normalized spacial score (nSPS) is 10.1. The maximum Gasteiger partial charge on any atom is 2.00 e. The first-order chi connectivity index (χ1) is 9.11. The molecule has 0 saturated carbocycles. The van der Waals surface area contributed by atoms with Crippen LogP contribution in [0.1, 0.15) is 0 Å². The van der Waals surface area contributed by atoms with Gasteiger partial charge in [-0.15, -0.1) is 0 Å². The van der Waals surface area contributed by atoms with Gasteiger partial charge in [-0.05, 0) is 22.5 Å². The third-order valence-corrected chi connectivity index (χ3v) is 6.12. The molecule has 21 heavy (non-hydrogen) atoms. The zero-order valence-corrected chi connectivity index (χ0v) is 15.6. The molecule has 0 atom stereocenters. The Balaban J connectivity index is 0.00000200. The van der Waals surface area contributed by atoms with E-state index in [2.05, 4.69) is 0 Å². The minimum absolute atomic E-state index is 0. The minimum atomic E-state index is -3.09. The van der Waals surface area contributed by atoms with Gasteiger partial charge in [0.2, 0.25) is 0 Å². The Labute approximate surface area is 149 Å². The van der Waals surface area contributed by atoms with Crippen LogP contribution in [0.25, 0.3) is 0 Å². The molecule has 6 heteroatoms. The second kappa shape index (κ2) is 8.65. The van der Waals surface area contributed by atoms with Crippen LogP contribution in [-0.2, 0) is 0 Å². The van der Waals surface area contributed by atoms with Crippen molar-refractivity contribution < 1.29 is 26.7 Å². The summed E-state index contributed by atoms with van der Waals surface area (Å²) >= 11 is 0. The van der Waals surface area contributed by atoms with Gasteiger partial charge in [-0.1, -0.05) is 42.9 Å². The summed E-state index contributed by atoms with van der Waals surface area (Å²) in [5.74, 6) is 1.30. The van der Waals surface area contributed by atoms with E-state index in [-0.39, 0.29) is 35.5 Å². The Morgan fingerprint density at radius 1 is 0.810 bits per heavy atom. The van der Waals surface area contributed by atoms with Gasteiger partial charge >= 0.3 is 23.1 Å². The van der Waals surface area contributed by atoms with Crippen LogP contribution in [0, 0.1) is 0 Å². The number of rotatable bonds is 4. The smallest absolute Gasteiger partial charge is 1.00 e. The molecule has 0 unspecified atom stereocenters. The first-order valence-electron chi connectivity index (χ1n) is 6.08.